The molecule has 0 saturated heterocycles. The number of ketones is 1. The molecule has 0 bridgehead atoms. The van der Waals surface area contributed by atoms with Crippen molar-refractivity contribution in [2.75, 3.05) is 19.0 Å². The van der Waals surface area contributed by atoms with Crippen molar-refractivity contribution in [3.8, 4) is 17.2 Å². The Kier molecular flexibility index (Phi) is 5.74. The van der Waals surface area contributed by atoms with Crippen LogP contribution in [0.4, 0.5) is 5.82 Å². The van der Waals surface area contributed by atoms with E-state index in [1.54, 1.807) is 22.9 Å². The highest BCUT2D eigenvalue weighted by Crippen LogP contribution is 2.40. The van der Waals surface area contributed by atoms with E-state index in [2.05, 4.69) is 5.32 Å². The van der Waals surface area contributed by atoms with Gasteiger partial charge in [0.15, 0.2) is 17.3 Å². The first kappa shape index (κ1) is 21.6. The Morgan fingerprint density at radius 3 is 2.69 bits per heavy atom. The first-order chi connectivity index (χ1) is 15.3. The Bertz CT molecular complexity index is 1210. The molecular weight excluding hydrogens is 406 g/mol. The third kappa shape index (κ3) is 3.64. The number of amides is 1. The van der Waals surface area contributed by atoms with Gasteiger partial charge in [0.05, 0.1) is 31.0 Å². The van der Waals surface area contributed by atoms with E-state index < -0.39 is 5.92 Å². The highest BCUT2D eigenvalue weighted by atomic mass is 16.5. The zero-order chi connectivity index (χ0) is 23.0. The normalized spacial score (nSPS) is 15.2. The summed E-state index contributed by atoms with van der Waals surface area (Å²) in [6, 6.07) is 11.1. The molecule has 0 fully saturated rings. The number of nitrogens with zero attached hydrogens (tertiary/aromatic N) is 2. The molecule has 4 rings (SSSR count). The molecule has 0 saturated carbocycles. The largest absolute Gasteiger partial charge is 0.493 e. The van der Waals surface area contributed by atoms with Gasteiger partial charge in [-0.3, -0.25) is 9.59 Å². The highest BCUT2D eigenvalue weighted by Gasteiger charge is 2.36. The molecule has 1 N–H and O–H groups in total. The lowest BCUT2D eigenvalue weighted by molar-refractivity contribution is -0.116. The minimum atomic E-state index is -0.625. The number of carbonyl (C=O) groups excluding carboxylic acids is 2. The van der Waals surface area contributed by atoms with Crippen LogP contribution in [0.3, 0.4) is 0 Å². The fraction of sp³-hybridized carbons (Fsp3) is 0.320. The molecule has 2 heterocycles. The Labute approximate surface area is 187 Å². The van der Waals surface area contributed by atoms with E-state index in [0.29, 0.717) is 29.5 Å². The van der Waals surface area contributed by atoms with Crippen LogP contribution in [0.25, 0.3) is 5.69 Å². The Balaban J connectivity index is 1.79. The second kappa shape index (κ2) is 8.49. The number of anilines is 1. The number of hydrogen-bond donors (Lipinski definition) is 1. The van der Waals surface area contributed by atoms with Gasteiger partial charge in [-0.25, -0.2) is 4.68 Å². The van der Waals surface area contributed by atoms with Crippen molar-refractivity contribution in [2.24, 2.45) is 0 Å². The summed E-state index contributed by atoms with van der Waals surface area (Å²) in [6.07, 6.45) is 0.0701. The van der Waals surface area contributed by atoms with Crippen molar-refractivity contribution in [1.29, 1.82) is 0 Å². The summed E-state index contributed by atoms with van der Waals surface area (Å²) in [5, 5.41) is 7.65. The monoisotopic (exact) mass is 433 g/mol. The van der Waals surface area contributed by atoms with Gasteiger partial charge in [0, 0.05) is 17.5 Å². The van der Waals surface area contributed by atoms with Gasteiger partial charge in [-0.2, -0.15) is 5.10 Å². The van der Waals surface area contributed by atoms with Crippen LogP contribution >= 0.6 is 0 Å². The van der Waals surface area contributed by atoms with Crippen LogP contribution in [0, 0.1) is 20.8 Å². The van der Waals surface area contributed by atoms with Crippen molar-refractivity contribution in [3.63, 3.8) is 0 Å². The lowest BCUT2D eigenvalue weighted by Gasteiger charge is -2.24. The Morgan fingerprint density at radius 1 is 1.19 bits per heavy atom. The molecule has 1 unspecified atom stereocenters. The van der Waals surface area contributed by atoms with E-state index >= 15 is 0 Å². The summed E-state index contributed by atoms with van der Waals surface area (Å²) < 4.78 is 12.7. The summed E-state index contributed by atoms with van der Waals surface area (Å²) in [5.41, 5.74) is 5.01. The molecule has 2 aromatic carbocycles. The van der Waals surface area contributed by atoms with E-state index in [1.165, 1.54) is 7.11 Å². The van der Waals surface area contributed by atoms with Crippen molar-refractivity contribution in [2.45, 2.75) is 40.0 Å². The zero-order valence-corrected chi connectivity index (χ0v) is 19.0. The lowest BCUT2D eigenvalue weighted by atomic mass is 9.85. The average Bonchev–Trinajstić information content (AvgIpc) is 3.11. The maximum atomic E-state index is 13.6. The van der Waals surface area contributed by atoms with Gasteiger partial charge in [0.2, 0.25) is 5.91 Å². The quantitative estimate of drug-likeness (QED) is 0.578. The molecule has 7 nitrogen and oxygen atoms in total. The van der Waals surface area contributed by atoms with E-state index in [4.69, 9.17) is 14.6 Å². The number of methoxy groups -OCH3 is 1. The van der Waals surface area contributed by atoms with Crippen molar-refractivity contribution in [3.05, 3.63) is 64.3 Å². The summed E-state index contributed by atoms with van der Waals surface area (Å²) in [7, 11) is 1.54. The number of hydrogen-bond acceptors (Lipinski definition) is 5. The topological polar surface area (TPSA) is 82.5 Å². The number of benzene rings is 2. The maximum Gasteiger partial charge on any atom is 0.226 e. The average molecular weight is 434 g/mol. The standard InChI is InChI=1S/C25H27N3O4/c1-6-32-20-11-10-17(12-21(20)31-5)24(30)18-13-22(29)26-25-23(18)16(4)27-28(25)19-9-7-8-14(2)15(19)3/h7-12,18H,6,13H2,1-5H3,(H,26,29). The third-order valence-electron chi connectivity index (χ3n) is 5.97. The molecule has 0 aliphatic carbocycles. The van der Waals surface area contributed by atoms with Crippen LogP contribution < -0.4 is 14.8 Å². The Hall–Kier alpha value is -3.61. The number of ether oxygens (including phenoxy) is 2. The second-order valence-corrected chi connectivity index (χ2v) is 7.95. The molecule has 3 aromatic rings. The number of carbonyl (C=O) groups is 2. The minimum Gasteiger partial charge on any atom is -0.493 e. The smallest absolute Gasteiger partial charge is 0.226 e. The number of aromatic nitrogens is 2. The fourth-order valence-electron chi connectivity index (χ4n) is 4.21. The van der Waals surface area contributed by atoms with Crippen LogP contribution in [-0.2, 0) is 4.79 Å². The summed E-state index contributed by atoms with van der Waals surface area (Å²) in [5.74, 6) is 0.642. The van der Waals surface area contributed by atoms with Gasteiger partial charge in [0.1, 0.15) is 5.82 Å². The number of nitrogens with one attached hydrogen (secondary N) is 1. The predicted octanol–water partition coefficient (Wildman–Crippen LogP) is 4.51. The van der Waals surface area contributed by atoms with E-state index in [9.17, 15) is 9.59 Å². The van der Waals surface area contributed by atoms with Crippen LogP contribution in [0.15, 0.2) is 36.4 Å². The predicted molar refractivity (Wildman–Crippen MR) is 122 cm³/mol. The fourth-order valence-corrected chi connectivity index (χ4v) is 4.21. The van der Waals surface area contributed by atoms with Gasteiger partial charge in [-0.05, 0) is 63.1 Å². The molecule has 0 radical (unpaired) electrons. The molecule has 166 valence electrons. The Morgan fingerprint density at radius 2 is 1.97 bits per heavy atom. The van der Waals surface area contributed by atoms with Crippen molar-refractivity contribution in [1.82, 2.24) is 9.78 Å². The van der Waals surface area contributed by atoms with Crippen LogP contribution in [0.5, 0.6) is 11.5 Å². The molecule has 1 aliphatic rings. The maximum absolute atomic E-state index is 13.6. The number of aryl methyl sites for hydroxylation is 2. The van der Waals surface area contributed by atoms with Gasteiger partial charge in [0.25, 0.3) is 0 Å². The van der Waals surface area contributed by atoms with E-state index in [0.717, 1.165) is 28.1 Å². The molecule has 1 aromatic heterocycles. The first-order valence-corrected chi connectivity index (χ1v) is 10.7. The van der Waals surface area contributed by atoms with Gasteiger partial charge >= 0.3 is 0 Å². The van der Waals surface area contributed by atoms with Crippen molar-refractivity contribution >= 4 is 17.5 Å². The molecular formula is C25H27N3O4. The van der Waals surface area contributed by atoms with Crippen molar-refractivity contribution < 1.29 is 19.1 Å². The van der Waals surface area contributed by atoms with Crippen LogP contribution in [-0.4, -0.2) is 35.2 Å². The molecule has 0 spiro atoms. The lowest BCUT2D eigenvalue weighted by Crippen LogP contribution is -2.28. The summed E-state index contributed by atoms with van der Waals surface area (Å²) in [6.45, 7) is 8.31. The van der Waals surface area contributed by atoms with Gasteiger partial charge < -0.3 is 14.8 Å². The molecule has 1 amide bonds. The number of fused-ring (bicyclic) bond motifs is 1. The van der Waals surface area contributed by atoms with Gasteiger partial charge in [-0.15, -0.1) is 0 Å². The first-order valence-electron chi connectivity index (χ1n) is 10.7. The summed E-state index contributed by atoms with van der Waals surface area (Å²) in [4.78, 5) is 26.2. The molecule has 1 aliphatic heterocycles. The van der Waals surface area contributed by atoms with Crippen LogP contribution in [0.1, 0.15) is 52.0 Å². The molecule has 1 atom stereocenters. The number of rotatable bonds is 6. The highest BCUT2D eigenvalue weighted by molar-refractivity contribution is 6.08. The molecule has 32 heavy (non-hydrogen) atoms. The minimum absolute atomic E-state index is 0.0701. The third-order valence-corrected chi connectivity index (χ3v) is 5.97. The molecule has 7 heteroatoms. The van der Waals surface area contributed by atoms with E-state index in [-0.39, 0.29) is 18.1 Å². The number of Topliss-reactive ketones (excluding diaryl/α,β-unsaturated/α-hetero) is 1. The SMILES string of the molecule is CCOc1ccc(C(=O)C2CC(=O)Nc3c2c(C)nn3-c2cccc(C)c2C)cc1OC. The van der Waals surface area contributed by atoms with E-state index in [1.807, 2.05) is 45.9 Å². The van der Waals surface area contributed by atoms with Crippen LogP contribution in [0.2, 0.25) is 0 Å². The second-order valence-electron chi connectivity index (χ2n) is 7.95. The van der Waals surface area contributed by atoms with Gasteiger partial charge in [-0.1, -0.05) is 12.1 Å². The zero-order valence-electron chi connectivity index (χ0n) is 19.0. The summed E-state index contributed by atoms with van der Waals surface area (Å²) >= 11 is 0.